The largest absolute Gasteiger partial charge is 0.371 e. The third kappa shape index (κ3) is 3.36. The SMILES string of the molecule is C1=NCc2cc(-c3cn4ccnc4c(Nc4ccc(N5CC6CCC(C5)O6)cc4)n3)ccc21. The summed E-state index contributed by atoms with van der Waals surface area (Å²) in [7, 11) is 0. The number of aromatic nitrogens is 3. The van der Waals surface area contributed by atoms with Gasteiger partial charge in [0.1, 0.15) is 0 Å². The normalized spacial score (nSPS) is 21.0. The Labute approximate surface area is 191 Å². The average molecular weight is 437 g/mol. The standard InChI is InChI=1S/C26H24N6O/c1-2-18-12-27-13-19(18)11-17(1)24-16-31-10-9-28-26(31)25(30-24)29-20-3-5-21(6-4-20)32-14-22-7-8-23(15-32)33-22/h1-6,9-12,16,22-23H,7-8,13-15H2,(H,29,30). The number of nitrogens with zero attached hydrogens (tertiary/aromatic N) is 5. The van der Waals surface area contributed by atoms with E-state index in [1.165, 1.54) is 29.7 Å². The topological polar surface area (TPSA) is 67.0 Å². The first-order chi connectivity index (χ1) is 16.3. The minimum absolute atomic E-state index is 0.382. The van der Waals surface area contributed by atoms with E-state index in [0.29, 0.717) is 12.2 Å². The fourth-order valence-corrected chi connectivity index (χ4v) is 5.14. The smallest absolute Gasteiger partial charge is 0.180 e. The van der Waals surface area contributed by atoms with E-state index in [2.05, 4.69) is 62.7 Å². The number of ether oxygens (including phenoxy) is 1. The quantitative estimate of drug-likeness (QED) is 0.512. The van der Waals surface area contributed by atoms with Crippen LogP contribution in [0.2, 0.25) is 0 Å². The maximum absolute atomic E-state index is 5.98. The summed E-state index contributed by atoms with van der Waals surface area (Å²) < 4.78 is 8.00. The first kappa shape index (κ1) is 18.8. The Morgan fingerprint density at radius 3 is 2.70 bits per heavy atom. The van der Waals surface area contributed by atoms with Crippen molar-refractivity contribution in [2.75, 3.05) is 23.3 Å². The van der Waals surface area contributed by atoms with Gasteiger partial charge in [-0.2, -0.15) is 0 Å². The predicted octanol–water partition coefficient (Wildman–Crippen LogP) is 4.44. The first-order valence-corrected chi connectivity index (χ1v) is 11.5. The van der Waals surface area contributed by atoms with E-state index in [0.717, 1.165) is 48.0 Å². The van der Waals surface area contributed by atoms with Crippen LogP contribution in [-0.2, 0) is 11.3 Å². The molecule has 7 rings (SSSR count). The molecule has 0 radical (unpaired) electrons. The van der Waals surface area contributed by atoms with Gasteiger partial charge in [-0.05, 0) is 54.3 Å². The van der Waals surface area contributed by atoms with E-state index in [1.807, 2.05) is 23.0 Å². The Kier molecular flexibility index (Phi) is 4.23. The Hall–Kier alpha value is -3.71. The Morgan fingerprint density at radius 1 is 1.00 bits per heavy atom. The van der Waals surface area contributed by atoms with Crippen molar-refractivity contribution in [3.8, 4) is 11.3 Å². The lowest BCUT2D eigenvalue weighted by Crippen LogP contribution is -2.42. The Bertz CT molecular complexity index is 1360. The van der Waals surface area contributed by atoms with E-state index >= 15 is 0 Å². The summed E-state index contributed by atoms with van der Waals surface area (Å²) in [6.07, 6.45) is 10.9. The molecule has 3 aliphatic heterocycles. The van der Waals surface area contributed by atoms with Crippen molar-refractivity contribution in [3.05, 3.63) is 72.2 Å². The summed E-state index contributed by atoms with van der Waals surface area (Å²) in [5, 5.41) is 3.49. The van der Waals surface area contributed by atoms with Crippen molar-refractivity contribution in [2.24, 2.45) is 4.99 Å². The van der Waals surface area contributed by atoms with E-state index in [4.69, 9.17) is 9.72 Å². The number of anilines is 3. The summed E-state index contributed by atoms with van der Waals surface area (Å²) in [4.78, 5) is 16.3. The fourth-order valence-electron chi connectivity index (χ4n) is 5.14. The van der Waals surface area contributed by atoms with Crippen LogP contribution in [-0.4, -0.2) is 45.9 Å². The van der Waals surface area contributed by atoms with Crippen LogP contribution in [0.15, 0.2) is 66.0 Å². The van der Waals surface area contributed by atoms with Crippen molar-refractivity contribution >= 4 is 29.1 Å². The molecule has 33 heavy (non-hydrogen) atoms. The van der Waals surface area contributed by atoms with E-state index in [9.17, 15) is 0 Å². The molecule has 7 nitrogen and oxygen atoms in total. The molecule has 3 aliphatic rings. The average Bonchev–Trinajstić information content (AvgIpc) is 3.58. The zero-order chi connectivity index (χ0) is 21.8. The molecule has 7 heteroatoms. The van der Waals surface area contributed by atoms with Crippen molar-refractivity contribution in [3.63, 3.8) is 0 Å². The molecule has 2 aromatic carbocycles. The molecule has 2 bridgehead atoms. The molecular weight excluding hydrogens is 412 g/mol. The highest BCUT2D eigenvalue weighted by molar-refractivity contribution is 5.86. The third-order valence-corrected chi connectivity index (χ3v) is 6.84. The summed E-state index contributed by atoms with van der Waals surface area (Å²) in [6.45, 7) is 2.69. The number of fused-ring (bicyclic) bond motifs is 4. The molecule has 4 aromatic rings. The molecule has 2 atom stereocenters. The number of imidazole rings is 1. The van der Waals surface area contributed by atoms with Gasteiger partial charge in [-0.1, -0.05) is 12.1 Å². The van der Waals surface area contributed by atoms with Gasteiger partial charge in [-0.15, -0.1) is 0 Å². The molecule has 0 amide bonds. The van der Waals surface area contributed by atoms with Crippen LogP contribution in [0, 0.1) is 0 Å². The predicted molar refractivity (Wildman–Crippen MR) is 130 cm³/mol. The van der Waals surface area contributed by atoms with Gasteiger partial charge in [0.2, 0.25) is 0 Å². The zero-order valence-electron chi connectivity index (χ0n) is 18.2. The number of hydrogen-bond acceptors (Lipinski definition) is 6. The highest BCUT2D eigenvalue weighted by Gasteiger charge is 2.33. The Morgan fingerprint density at radius 2 is 1.85 bits per heavy atom. The fraction of sp³-hybridized carbons (Fsp3) is 0.269. The van der Waals surface area contributed by atoms with Crippen molar-refractivity contribution < 1.29 is 4.74 Å². The lowest BCUT2D eigenvalue weighted by atomic mass is 10.0. The number of aliphatic imine (C=N–C) groups is 1. The number of rotatable bonds is 4. The van der Waals surface area contributed by atoms with Gasteiger partial charge in [0.15, 0.2) is 11.5 Å². The van der Waals surface area contributed by atoms with Gasteiger partial charge in [0.05, 0.1) is 24.4 Å². The maximum Gasteiger partial charge on any atom is 0.180 e. The molecule has 2 aromatic heterocycles. The van der Waals surface area contributed by atoms with E-state index in [1.54, 1.807) is 6.20 Å². The molecule has 2 unspecified atom stereocenters. The second-order valence-electron chi connectivity index (χ2n) is 9.05. The van der Waals surface area contributed by atoms with Crippen LogP contribution in [0.4, 0.5) is 17.2 Å². The summed E-state index contributed by atoms with van der Waals surface area (Å²) in [5.74, 6) is 0.742. The lowest BCUT2D eigenvalue weighted by Gasteiger charge is -2.33. The second kappa shape index (κ2) is 7.42. The zero-order valence-corrected chi connectivity index (χ0v) is 18.2. The first-order valence-electron chi connectivity index (χ1n) is 11.5. The number of nitrogens with one attached hydrogen (secondary N) is 1. The van der Waals surface area contributed by atoms with Gasteiger partial charge < -0.3 is 19.4 Å². The minimum atomic E-state index is 0.382. The third-order valence-electron chi connectivity index (χ3n) is 6.84. The van der Waals surface area contributed by atoms with Gasteiger partial charge in [-0.3, -0.25) is 4.99 Å². The monoisotopic (exact) mass is 436 g/mol. The van der Waals surface area contributed by atoms with Crippen LogP contribution in [0.3, 0.4) is 0 Å². The molecule has 5 heterocycles. The number of morpholine rings is 1. The summed E-state index contributed by atoms with van der Waals surface area (Å²) in [5.41, 5.74) is 7.45. The van der Waals surface area contributed by atoms with Crippen LogP contribution in [0.1, 0.15) is 24.0 Å². The van der Waals surface area contributed by atoms with Crippen molar-refractivity contribution in [1.29, 1.82) is 0 Å². The molecule has 2 fully saturated rings. The molecule has 2 saturated heterocycles. The highest BCUT2D eigenvalue weighted by atomic mass is 16.5. The lowest BCUT2D eigenvalue weighted by molar-refractivity contribution is 0.0305. The van der Waals surface area contributed by atoms with Crippen LogP contribution in [0.5, 0.6) is 0 Å². The van der Waals surface area contributed by atoms with E-state index in [-0.39, 0.29) is 0 Å². The molecule has 0 saturated carbocycles. The summed E-state index contributed by atoms with van der Waals surface area (Å²) >= 11 is 0. The van der Waals surface area contributed by atoms with Crippen molar-refractivity contribution in [2.45, 2.75) is 31.6 Å². The maximum atomic E-state index is 5.98. The van der Waals surface area contributed by atoms with E-state index < -0.39 is 0 Å². The number of hydrogen-bond donors (Lipinski definition) is 1. The Balaban J connectivity index is 1.18. The molecule has 164 valence electrons. The van der Waals surface area contributed by atoms with Gasteiger partial charge in [-0.25, -0.2) is 9.97 Å². The minimum Gasteiger partial charge on any atom is -0.371 e. The van der Waals surface area contributed by atoms with Crippen LogP contribution >= 0.6 is 0 Å². The van der Waals surface area contributed by atoms with Crippen LogP contribution < -0.4 is 10.2 Å². The summed E-state index contributed by atoms with van der Waals surface area (Å²) in [6, 6.07) is 15.0. The number of benzene rings is 2. The second-order valence-corrected chi connectivity index (χ2v) is 9.05. The highest BCUT2D eigenvalue weighted by Crippen LogP contribution is 2.31. The van der Waals surface area contributed by atoms with Crippen LogP contribution in [0.25, 0.3) is 16.9 Å². The molecule has 1 N–H and O–H groups in total. The van der Waals surface area contributed by atoms with Gasteiger partial charge >= 0.3 is 0 Å². The van der Waals surface area contributed by atoms with Crippen molar-refractivity contribution in [1.82, 2.24) is 14.4 Å². The molecule has 0 aliphatic carbocycles. The molecular formula is C26H24N6O. The van der Waals surface area contributed by atoms with Gasteiger partial charge in [0.25, 0.3) is 0 Å². The molecule has 0 spiro atoms. The van der Waals surface area contributed by atoms with Gasteiger partial charge in [0, 0.05) is 54.8 Å².